The van der Waals surface area contributed by atoms with Crippen molar-refractivity contribution in [3.8, 4) is 17.0 Å². The fourth-order valence-electron chi connectivity index (χ4n) is 4.67. The zero-order valence-electron chi connectivity index (χ0n) is 20.6. The smallest absolute Gasteiger partial charge is 0.263 e. The number of halogens is 3. The van der Waals surface area contributed by atoms with Gasteiger partial charge >= 0.3 is 0 Å². The number of H-pyrrole nitrogens is 1. The zero-order valence-corrected chi connectivity index (χ0v) is 20.6. The van der Waals surface area contributed by atoms with Crippen LogP contribution < -0.4 is 10.1 Å². The first kappa shape index (κ1) is 25.0. The van der Waals surface area contributed by atoms with E-state index >= 15 is 4.39 Å². The second-order valence-corrected chi connectivity index (χ2v) is 9.72. The Morgan fingerprint density at radius 1 is 1.30 bits per heavy atom. The molecule has 1 saturated carbocycles. The molecule has 5 rings (SSSR count). The largest absolute Gasteiger partial charge is 0.493 e. The van der Waals surface area contributed by atoms with Crippen molar-refractivity contribution >= 4 is 22.8 Å². The topological polar surface area (TPSA) is 100 Å². The van der Waals surface area contributed by atoms with Gasteiger partial charge in [-0.1, -0.05) is 6.92 Å². The molecule has 0 bridgehead atoms. The quantitative estimate of drug-likeness (QED) is 0.424. The minimum absolute atomic E-state index is 0.0196. The first-order chi connectivity index (χ1) is 17.7. The molecule has 1 aliphatic carbocycles. The van der Waals surface area contributed by atoms with E-state index in [1.54, 1.807) is 13.8 Å². The maximum Gasteiger partial charge on any atom is 0.263 e. The van der Waals surface area contributed by atoms with Gasteiger partial charge in [-0.15, -0.1) is 0 Å². The summed E-state index contributed by atoms with van der Waals surface area (Å²) in [6.45, 7) is 3.81. The van der Waals surface area contributed by atoms with Crippen molar-refractivity contribution in [3.63, 3.8) is 0 Å². The standard InChI is InChI=1S/C26H28F3N5O3/c1-3-19(35)34-9-8-26(29,12-34)33-25(36)20-14(2)32-23-21(30-13-31-22(20)23)17-10-16(24(27)28)6-7-18(17)37-11-15-4-5-15/h6-7,10,13,15,24,32H,3-5,8-9,11-12H2,1-2H3,(H,33,36)/t26-/m1/s1. The number of likely N-dealkylation sites (tertiary alicyclic amines) is 1. The third-order valence-corrected chi connectivity index (χ3v) is 6.89. The zero-order chi connectivity index (χ0) is 26.3. The van der Waals surface area contributed by atoms with E-state index in [4.69, 9.17) is 4.74 Å². The van der Waals surface area contributed by atoms with E-state index in [2.05, 4.69) is 20.3 Å². The molecule has 1 aromatic carbocycles. The molecule has 8 nitrogen and oxygen atoms in total. The van der Waals surface area contributed by atoms with Crippen molar-refractivity contribution in [2.75, 3.05) is 19.7 Å². The van der Waals surface area contributed by atoms with E-state index in [0.29, 0.717) is 40.7 Å². The fraction of sp³-hybridized carbons (Fsp3) is 0.462. The van der Waals surface area contributed by atoms with Gasteiger partial charge in [0.05, 0.1) is 24.2 Å². The molecule has 2 aliphatic rings. The number of fused-ring (bicyclic) bond motifs is 1. The van der Waals surface area contributed by atoms with Crippen molar-refractivity contribution in [2.45, 2.75) is 51.7 Å². The van der Waals surface area contributed by atoms with Gasteiger partial charge in [-0.3, -0.25) is 9.59 Å². The number of nitrogens with zero attached hydrogens (tertiary/aromatic N) is 3. The Kier molecular flexibility index (Phi) is 6.55. The van der Waals surface area contributed by atoms with E-state index in [-0.39, 0.29) is 48.5 Å². The molecule has 0 spiro atoms. The normalized spacial score (nSPS) is 19.6. The van der Waals surface area contributed by atoms with Crippen LogP contribution in [0.4, 0.5) is 13.2 Å². The maximum atomic E-state index is 15.4. The van der Waals surface area contributed by atoms with Gasteiger partial charge in [0.2, 0.25) is 11.7 Å². The van der Waals surface area contributed by atoms with E-state index in [9.17, 15) is 18.4 Å². The highest BCUT2D eigenvalue weighted by Crippen LogP contribution is 2.38. The van der Waals surface area contributed by atoms with Gasteiger partial charge in [-0.25, -0.2) is 23.1 Å². The monoisotopic (exact) mass is 515 g/mol. The van der Waals surface area contributed by atoms with Crippen LogP contribution in [-0.2, 0) is 4.79 Å². The Balaban J connectivity index is 1.50. The van der Waals surface area contributed by atoms with Crippen molar-refractivity contribution in [3.05, 3.63) is 41.3 Å². The molecule has 37 heavy (non-hydrogen) atoms. The van der Waals surface area contributed by atoms with Gasteiger partial charge in [-0.2, -0.15) is 0 Å². The molecule has 2 fully saturated rings. The molecular formula is C26H28F3N5O3. The highest BCUT2D eigenvalue weighted by Gasteiger charge is 2.42. The molecule has 196 valence electrons. The van der Waals surface area contributed by atoms with Gasteiger partial charge in [0, 0.05) is 36.2 Å². The van der Waals surface area contributed by atoms with E-state index in [0.717, 1.165) is 12.8 Å². The number of nitrogens with one attached hydrogen (secondary N) is 2. The number of carbonyl (C=O) groups excluding carboxylic acids is 2. The SMILES string of the molecule is CCC(=O)N1CC[C@@](F)(NC(=O)c2c(C)[nH]c3c(-c4cc(C(F)F)ccc4OCC4CC4)ncnc23)C1. The van der Waals surface area contributed by atoms with Crippen LogP contribution in [0, 0.1) is 12.8 Å². The van der Waals surface area contributed by atoms with E-state index in [1.165, 1.54) is 29.4 Å². The van der Waals surface area contributed by atoms with Crippen LogP contribution in [0.1, 0.15) is 60.6 Å². The molecule has 2 amide bonds. The second kappa shape index (κ2) is 9.68. The fourth-order valence-corrected chi connectivity index (χ4v) is 4.67. The van der Waals surface area contributed by atoms with E-state index in [1.807, 2.05) is 0 Å². The van der Waals surface area contributed by atoms with Crippen LogP contribution in [0.15, 0.2) is 24.5 Å². The molecule has 11 heteroatoms. The van der Waals surface area contributed by atoms with Gasteiger partial charge in [0.15, 0.2) is 0 Å². The van der Waals surface area contributed by atoms with Crippen molar-refractivity contribution in [2.24, 2.45) is 5.92 Å². The summed E-state index contributed by atoms with van der Waals surface area (Å²) >= 11 is 0. The summed E-state index contributed by atoms with van der Waals surface area (Å²) in [6.07, 6.45) is 0.919. The Labute approximate surface area is 211 Å². The number of aryl methyl sites for hydroxylation is 1. The minimum Gasteiger partial charge on any atom is -0.493 e. The summed E-state index contributed by atoms with van der Waals surface area (Å²) in [5.41, 5.74) is 1.60. The minimum atomic E-state index is -2.69. The number of amides is 2. The lowest BCUT2D eigenvalue weighted by molar-refractivity contribution is -0.130. The summed E-state index contributed by atoms with van der Waals surface area (Å²) in [5, 5.41) is 2.43. The molecular weight excluding hydrogens is 487 g/mol. The molecule has 3 aromatic rings. The number of aromatic amines is 1. The first-order valence-corrected chi connectivity index (χ1v) is 12.4. The van der Waals surface area contributed by atoms with E-state index < -0.39 is 18.1 Å². The highest BCUT2D eigenvalue weighted by molar-refractivity contribution is 6.09. The number of benzene rings is 1. The van der Waals surface area contributed by atoms with Gasteiger partial charge in [0.1, 0.15) is 23.3 Å². The lowest BCUT2D eigenvalue weighted by Crippen LogP contribution is -2.47. The number of aromatic nitrogens is 3. The van der Waals surface area contributed by atoms with Crippen LogP contribution in [-0.4, -0.2) is 57.2 Å². The Hall–Kier alpha value is -3.63. The number of alkyl halides is 3. The van der Waals surface area contributed by atoms with Gasteiger partial charge in [0.25, 0.3) is 12.3 Å². The maximum absolute atomic E-state index is 15.4. The molecule has 3 heterocycles. The Morgan fingerprint density at radius 3 is 2.78 bits per heavy atom. The molecule has 1 saturated heterocycles. The highest BCUT2D eigenvalue weighted by atomic mass is 19.3. The average molecular weight is 516 g/mol. The van der Waals surface area contributed by atoms with Crippen LogP contribution >= 0.6 is 0 Å². The third kappa shape index (κ3) is 4.99. The predicted octanol–water partition coefficient (Wildman–Crippen LogP) is 4.70. The Morgan fingerprint density at radius 2 is 2.08 bits per heavy atom. The van der Waals surface area contributed by atoms with Crippen LogP contribution in [0.2, 0.25) is 0 Å². The Bertz CT molecular complexity index is 1360. The molecule has 1 atom stereocenters. The van der Waals surface area contributed by atoms with Gasteiger partial charge in [-0.05, 0) is 43.9 Å². The number of carbonyl (C=O) groups is 2. The van der Waals surface area contributed by atoms with Crippen LogP contribution in [0.3, 0.4) is 0 Å². The van der Waals surface area contributed by atoms with Crippen LogP contribution in [0.25, 0.3) is 22.3 Å². The predicted molar refractivity (Wildman–Crippen MR) is 130 cm³/mol. The number of hydrogen-bond acceptors (Lipinski definition) is 5. The second-order valence-electron chi connectivity index (χ2n) is 9.72. The van der Waals surface area contributed by atoms with Crippen LogP contribution in [0.5, 0.6) is 5.75 Å². The summed E-state index contributed by atoms with van der Waals surface area (Å²) in [7, 11) is 0. The third-order valence-electron chi connectivity index (χ3n) is 6.89. The number of ether oxygens (including phenoxy) is 1. The summed E-state index contributed by atoms with van der Waals surface area (Å²) in [6, 6.07) is 4.16. The van der Waals surface area contributed by atoms with Crippen molar-refractivity contribution < 1.29 is 27.5 Å². The molecule has 2 aromatic heterocycles. The average Bonchev–Trinajstić information content (AvgIpc) is 3.53. The summed E-state index contributed by atoms with van der Waals surface area (Å²) < 4.78 is 48.5. The first-order valence-electron chi connectivity index (χ1n) is 12.4. The summed E-state index contributed by atoms with van der Waals surface area (Å²) in [4.78, 5) is 38.3. The molecule has 1 aliphatic heterocycles. The lowest BCUT2D eigenvalue weighted by Gasteiger charge is -2.22. The number of rotatable bonds is 8. The molecule has 0 radical (unpaired) electrons. The van der Waals surface area contributed by atoms with Crippen molar-refractivity contribution in [1.82, 2.24) is 25.2 Å². The summed E-state index contributed by atoms with van der Waals surface area (Å²) in [5.74, 6) is -2.08. The van der Waals surface area contributed by atoms with Crippen molar-refractivity contribution in [1.29, 1.82) is 0 Å². The number of hydrogen-bond donors (Lipinski definition) is 2. The lowest BCUT2D eigenvalue weighted by atomic mass is 10.0. The molecule has 0 unspecified atom stereocenters. The molecule has 2 N–H and O–H groups in total. The van der Waals surface area contributed by atoms with Gasteiger partial charge < -0.3 is 19.9 Å².